The molecule has 5 heteroatoms. The summed E-state index contributed by atoms with van der Waals surface area (Å²) in [6.07, 6.45) is 4.63. The molecule has 0 amide bonds. The van der Waals surface area contributed by atoms with Gasteiger partial charge in [0.05, 0.1) is 15.6 Å². The van der Waals surface area contributed by atoms with Crippen molar-refractivity contribution in [2.75, 3.05) is 0 Å². The van der Waals surface area contributed by atoms with Crippen molar-refractivity contribution in [1.29, 1.82) is 0 Å². The number of aromatic nitrogens is 2. The molecule has 2 rings (SSSR count). The highest BCUT2D eigenvalue weighted by Gasteiger charge is 2.13. The number of carboxylic acid groups (broad SMARTS) is 1. The highest BCUT2D eigenvalue weighted by Crippen LogP contribution is 2.32. The van der Waals surface area contributed by atoms with E-state index in [0.717, 1.165) is 21.1 Å². The summed E-state index contributed by atoms with van der Waals surface area (Å²) in [5.74, 6) is -0.948. The van der Waals surface area contributed by atoms with E-state index in [1.54, 1.807) is 19.3 Å². The van der Waals surface area contributed by atoms with E-state index < -0.39 is 5.97 Å². The minimum absolute atomic E-state index is 0.701. The van der Waals surface area contributed by atoms with Gasteiger partial charge in [0.25, 0.3) is 0 Å². The Morgan fingerprint density at radius 2 is 2.28 bits per heavy atom. The number of hydrogen-bond acceptors (Lipinski definition) is 4. The lowest BCUT2D eigenvalue weighted by atomic mass is 10.1. The van der Waals surface area contributed by atoms with Gasteiger partial charge in [0.2, 0.25) is 0 Å². The van der Waals surface area contributed by atoms with Gasteiger partial charge in [-0.1, -0.05) is 0 Å². The quantitative estimate of drug-likeness (QED) is 0.862. The fourth-order valence-electron chi connectivity index (χ4n) is 1.64. The van der Waals surface area contributed by atoms with E-state index in [4.69, 9.17) is 5.11 Å². The van der Waals surface area contributed by atoms with Gasteiger partial charge in [-0.3, -0.25) is 4.98 Å². The molecule has 0 aromatic carbocycles. The number of rotatable bonds is 3. The van der Waals surface area contributed by atoms with E-state index in [1.165, 1.54) is 17.4 Å². The molecule has 2 heterocycles. The fourth-order valence-corrected chi connectivity index (χ4v) is 2.56. The van der Waals surface area contributed by atoms with Crippen LogP contribution < -0.4 is 0 Å². The number of pyridine rings is 1. The van der Waals surface area contributed by atoms with Gasteiger partial charge < -0.3 is 5.11 Å². The lowest BCUT2D eigenvalue weighted by molar-refractivity contribution is -0.131. The summed E-state index contributed by atoms with van der Waals surface area (Å²) in [6, 6.07) is 3.75. The monoisotopic (exact) mass is 260 g/mol. The summed E-state index contributed by atoms with van der Waals surface area (Å²) in [5.41, 5.74) is 2.39. The molecule has 0 saturated heterocycles. The maximum absolute atomic E-state index is 10.7. The Hall–Kier alpha value is -2.01. The SMILES string of the molecule is C/C(=C\C(=O)O)c1sc(C)nc1-c1cccnc1. The van der Waals surface area contributed by atoms with E-state index >= 15 is 0 Å². The van der Waals surface area contributed by atoms with Crippen molar-refractivity contribution in [1.82, 2.24) is 9.97 Å². The van der Waals surface area contributed by atoms with Crippen LogP contribution in [0.2, 0.25) is 0 Å². The normalized spacial score (nSPS) is 11.6. The van der Waals surface area contributed by atoms with Gasteiger partial charge in [0.1, 0.15) is 0 Å². The first-order valence-corrected chi connectivity index (χ1v) is 6.19. The fraction of sp³-hybridized carbons (Fsp3) is 0.154. The number of thiazole rings is 1. The van der Waals surface area contributed by atoms with Crippen molar-refractivity contribution in [3.63, 3.8) is 0 Å². The molecule has 1 N–H and O–H groups in total. The number of hydrogen-bond donors (Lipinski definition) is 1. The smallest absolute Gasteiger partial charge is 0.328 e. The molecule has 0 fully saturated rings. The summed E-state index contributed by atoms with van der Waals surface area (Å²) < 4.78 is 0. The molecule has 2 aromatic rings. The number of allylic oxidation sites excluding steroid dienone is 1. The molecule has 0 bridgehead atoms. The van der Waals surface area contributed by atoms with Crippen molar-refractivity contribution >= 4 is 22.9 Å². The van der Waals surface area contributed by atoms with Gasteiger partial charge in [-0.05, 0) is 31.6 Å². The van der Waals surface area contributed by atoms with Gasteiger partial charge in [-0.15, -0.1) is 11.3 Å². The van der Waals surface area contributed by atoms with Crippen molar-refractivity contribution in [3.05, 3.63) is 40.5 Å². The Morgan fingerprint density at radius 3 is 2.89 bits per heavy atom. The number of aliphatic carboxylic acids is 1. The largest absolute Gasteiger partial charge is 0.478 e. The van der Waals surface area contributed by atoms with Crippen molar-refractivity contribution < 1.29 is 9.90 Å². The van der Waals surface area contributed by atoms with Gasteiger partial charge in [-0.2, -0.15) is 0 Å². The average molecular weight is 260 g/mol. The third-order valence-electron chi connectivity index (χ3n) is 2.37. The Balaban J connectivity index is 2.53. The zero-order valence-electron chi connectivity index (χ0n) is 10.0. The molecule has 0 aliphatic heterocycles. The number of carbonyl (C=O) groups is 1. The minimum Gasteiger partial charge on any atom is -0.478 e. The van der Waals surface area contributed by atoms with E-state index in [2.05, 4.69) is 9.97 Å². The minimum atomic E-state index is -0.948. The third-order valence-corrected chi connectivity index (χ3v) is 3.47. The molecule has 0 saturated carbocycles. The number of aryl methyl sites for hydroxylation is 1. The second kappa shape index (κ2) is 5.10. The molecular formula is C13H12N2O2S. The molecule has 0 radical (unpaired) electrons. The van der Waals surface area contributed by atoms with Gasteiger partial charge >= 0.3 is 5.97 Å². The van der Waals surface area contributed by atoms with Crippen LogP contribution in [0.3, 0.4) is 0 Å². The number of carboxylic acids is 1. The summed E-state index contributed by atoms with van der Waals surface area (Å²) in [7, 11) is 0. The highest BCUT2D eigenvalue weighted by atomic mass is 32.1. The van der Waals surface area contributed by atoms with Gasteiger partial charge in [-0.25, -0.2) is 9.78 Å². The van der Waals surface area contributed by atoms with Gasteiger partial charge in [0, 0.05) is 24.0 Å². The van der Waals surface area contributed by atoms with Crippen LogP contribution in [0.1, 0.15) is 16.8 Å². The Labute approximate surface area is 109 Å². The van der Waals surface area contributed by atoms with Crippen LogP contribution in [-0.4, -0.2) is 21.0 Å². The zero-order valence-corrected chi connectivity index (χ0v) is 10.9. The molecule has 0 unspecified atom stereocenters. The van der Waals surface area contributed by atoms with Crippen LogP contribution in [0.5, 0.6) is 0 Å². The maximum Gasteiger partial charge on any atom is 0.328 e. The first kappa shape index (κ1) is 12.4. The Bertz CT molecular complexity index is 603. The molecule has 4 nitrogen and oxygen atoms in total. The standard InChI is InChI=1S/C13H12N2O2S/c1-8(6-11(16)17)13-12(15-9(2)18-13)10-4-3-5-14-7-10/h3-7H,1-2H3,(H,16,17)/b8-6+. The van der Waals surface area contributed by atoms with E-state index in [9.17, 15) is 4.79 Å². The van der Waals surface area contributed by atoms with Crippen molar-refractivity contribution in [2.24, 2.45) is 0 Å². The van der Waals surface area contributed by atoms with E-state index in [-0.39, 0.29) is 0 Å². The molecule has 0 spiro atoms. The van der Waals surface area contributed by atoms with Crippen LogP contribution in [0, 0.1) is 6.92 Å². The molecule has 0 aliphatic rings. The zero-order chi connectivity index (χ0) is 13.1. The first-order valence-electron chi connectivity index (χ1n) is 5.37. The Kier molecular flexibility index (Phi) is 3.53. The summed E-state index contributed by atoms with van der Waals surface area (Å²) in [5, 5.41) is 9.71. The highest BCUT2D eigenvalue weighted by molar-refractivity contribution is 7.13. The lowest BCUT2D eigenvalue weighted by Gasteiger charge is -2.01. The third kappa shape index (κ3) is 2.62. The molecular weight excluding hydrogens is 248 g/mol. The van der Waals surface area contributed by atoms with Crippen molar-refractivity contribution in [2.45, 2.75) is 13.8 Å². The second-order valence-electron chi connectivity index (χ2n) is 3.82. The molecule has 2 aromatic heterocycles. The summed E-state index contributed by atoms with van der Waals surface area (Å²) >= 11 is 1.49. The van der Waals surface area contributed by atoms with Crippen LogP contribution in [-0.2, 0) is 4.79 Å². The van der Waals surface area contributed by atoms with E-state index in [1.807, 2.05) is 19.1 Å². The Morgan fingerprint density at radius 1 is 1.50 bits per heavy atom. The summed E-state index contributed by atoms with van der Waals surface area (Å²) in [6.45, 7) is 3.68. The topological polar surface area (TPSA) is 63.1 Å². The maximum atomic E-state index is 10.7. The van der Waals surface area contributed by atoms with E-state index in [0.29, 0.717) is 5.57 Å². The van der Waals surface area contributed by atoms with Crippen molar-refractivity contribution in [3.8, 4) is 11.3 Å². The molecule has 92 valence electrons. The predicted octanol–water partition coefficient (Wildman–Crippen LogP) is 3.00. The summed E-state index contributed by atoms with van der Waals surface area (Å²) in [4.78, 5) is 20.1. The second-order valence-corrected chi connectivity index (χ2v) is 5.02. The molecule has 0 aliphatic carbocycles. The molecule has 18 heavy (non-hydrogen) atoms. The van der Waals surface area contributed by atoms with Crippen LogP contribution >= 0.6 is 11.3 Å². The number of nitrogens with zero attached hydrogens (tertiary/aromatic N) is 2. The lowest BCUT2D eigenvalue weighted by Crippen LogP contribution is -1.90. The van der Waals surface area contributed by atoms with Crippen LogP contribution in [0.15, 0.2) is 30.6 Å². The van der Waals surface area contributed by atoms with Crippen LogP contribution in [0.25, 0.3) is 16.8 Å². The molecule has 0 atom stereocenters. The van der Waals surface area contributed by atoms with Gasteiger partial charge in [0.15, 0.2) is 0 Å². The predicted molar refractivity (Wildman–Crippen MR) is 71.4 cm³/mol. The first-order chi connectivity index (χ1) is 8.58. The average Bonchev–Trinajstić information content (AvgIpc) is 2.72. The van der Waals surface area contributed by atoms with Crippen LogP contribution in [0.4, 0.5) is 0 Å².